The van der Waals surface area contributed by atoms with Crippen LogP contribution < -0.4 is 0 Å². The molecule has 2 aliphatic heterocycles. The average molecular weight is 398 g/mol. The zero-order chi connectivity index (χ0) is 17.3. The Morgan fingerprint density at radius 2 is 2.08 bits per heavy atom. The predicted octanol–water partition coefficient (Wildman–Crippen LogP) is 4.65. The molecular formula is C18H15N5S3. The molecule has 5 rings (SSSR count). The van der Waals surface area contributed by atoms with Crippen molar-refractivity contribution in [3.63, 3.8) is 0 Å². The molecule has 0 amide bonds. The summed E-state index contributed by atoms with van der Waals surface area (Å²) in [6.07, 6.45) is 3.63. The monoisotopic (exact) mass is 397 g/mol. The lowest BCUT2D eigenvalue weighted by molar-refractivity contribution is 0.598. The molecule has 3 aromatic rings. The minimum atomic E-state index is 0.366. The van der Waals surface area contributed by atoms with Crippen molar-refractivity contribution >= 4 is 45.3 Å². The van der Waals surface area contributed by atoms with Crippen molar-refractivity contribution in [3.05, 3.63) is 54.4 Å². The Hall–Kier alpha value is -1.77. The quantitative estimate of drug-likeness (QED) is 0.641. The van der Waals surface area contributed by atoms with Gasteiger partial charge in [-0.3, -0.25) is 9.55 Å². The Kier molecular flexibility index (Phi) is 4.48. The van der Waals surface area contributed by atoms with Crippen molar-refractivity contribution < 1.29 is 0 Å². The second-order valence-corrected chi connectivity index (χ2v) is 9.21. The van der Waals surface area contributed by atoms with Gasteiger partial charge in [-0.1, -0.05) is 53.5 Å². The number of fused-ring (bicyclic) bond motifs is 2. The van der Waals surface area contributed by atoms with E-state index in [0.717, 1.165) is 43.9 Å². The average Bonchev–Trinajstić information content (AvgIpc) is 3.29. The maximum Gasteiger partial charge on any atom is 0.191 e. The standard InChI is InChI=1S/C18H15N5S3/c1-2-6-15-13(4-1)9-25-18(20-15)26-11-14-10-24-17-22-21-16(23(14)17)12-5-3-7-19-8-12/h1-8,14H,9-11H2/t14-/m0/s1. The molecule has 1 atom stereocenters. The molecule has 0 bridgehead atoms. The van der Waals surface area contributed by atoms with Gasteiger partial charge in [-0.15, -0.1) is 10.2 Å². The van der Waals surface area contributed by atoms with Crippen molar-refractivity contribution in [2.45, 2.75) is 17.0 Å². The summed E-state index contributed by atoms with van der Waals surface area (Å²) in [5.41, 5.74) is 3.44. The first-order valence-corrected chi connectivity index (χ1v) is 11.2. The molecule has 0 aliphatic carbocycles. The van der Waals surface area contributed by atoms with Gasteiger partial charge < -0.3 is 0 Å². The van der Waals surface area contributed by atoms with E-state index in [1.165, 1.54) is 5.56 Å². The van der Waals surface area contributed by atoms with Crippen molar-refractivity contribution in [1.29, 1.82) is 0 Å². The Balaban J connectivity index is 1.35. The van der Waals surface area contributed by atoms with Gasteiger partial charge in [0, 0.05) is 35.2 Å². The van der Waals surface area contributed by atoms with E-state index in [0.29, 0.717) is 6.04 Å². The number of aromatic nitrogens is 4. The Bertz CT molecular complexity index is 970. The maximum atomic E-state index is 4.82. The zero-order valence-electron chi connectivity index (χ0n) is 13.8. The fourth-order valence-electron chi connectivity index (χ4n) is 3.02. The van der Waals surface area contributed by atoms with Crippen molar-refractivity contribution in [2.24, 2.45) is 4.99 Å². The van der Waals surface area contributed by atoms with E-state index in [4.69, 9.17) is 4.99 Å². The van der Waals surface area contributed by atoms with Crippen LogP contribution in [0.2, 0.25) is 0 Å². The van der Waals surface area contributed by atoms with Gasteiger partial charge >= 0.3 is 0 Å². The van der Waals surface area contributed by atoms with Gasteiger partial charge in [-0.25, -0.2) is 4.99 Å². The first-order valence-electron chi connectivity index (χ1n) is 8.29. The van der Waals surface area contributed by atoms with Gasteiger partial charge in [-0.05, 0) is 23.8 Å². The molecule has 0 unspecified atom stereocenters. The highest BCUT2D eigenvalue weighted by molar-refractivity contribution is 8.38. The van der Waals surface area contributed by atoms with Crippen LogP contribution in [0.3, 0.4) is 0 Å². The number of para-hydroxylation sites is 1. The number of hydrogen-bond donors (Lipinski definition) is 0. The normalized spacial score (nSPS) is 18.3. The highest BCUT2D eigenvalue weighted by Gasteiger charge is 2.29. The highest BCUT2D eigenvalue weighted by Crippen LogP contribution is 2.40. The molecular weight excluding hydrogens is 382 g/mol. The van der Waals surface area contributed by atoms with Gasteiger partial charge in [-0.2, -0.15) is 0 Å². The Morgan fingerprint density at radius 1 is 1.12 bits per heavy atom. The molecule has 8 heteroatoms. The van der Waals surface area contributed by atoms with Crippen LogP contribution in [0.4, 0.5) is 5.69 Å². The molecule has 0 saturated carbocycles. The summed E-state index contributed by atoms with van der Waals surface area (Å²) in [4.78, 5) is 9.03. The lowest BCUT2D eigenvalue weighted by atomic mass is 10.2. The molecule has 0 saturated heterocycles. The maximum absolute atomic E-state index is 4.82. The highest BCUT2D eigenvalue weighted by atomic mass is 32.2. The van der Waals surface area contributed by atoms with Crippen LogP contribution in [0.5, 0.6) is 0 Å². The molecule has 4 heterocycles. The topological polar surface area (TPSA) is 56.0 Å². The lowest BCUT2D eigenvalue weighted by Crippen LogP contribution is -2.12. The number of rotatable bonds is 3. The lowest BCUT2D eigenvalue weighted by Gasteiger charge is -2.17. The SMILES string of the molecule is c1cncc(-c2nnc3n2[C@H](CSC2=Nc4ccccc4CS2)CS3)c1. The van der Waals surface area contributed by atoms with E-state index >= 15 is 0 Å². The van der Waals surface area contributed by atoms with E-state index in [9.17, 15) is 0 Å². The molecule has 5 nitrogen and oxygen atoms in total. The summed E-state index contributed by atoms with van der Waals surface area (Å²) in [5.74, 6) is 3.91. The largest absolute Gasteiger partial charge is 0.297 e. The van der Waals surface area contributed by atoms with Crippen LogP contribution in [0.25, 0.3) is 11.4 Å². The van der Waals surface area contributed by atoms with Gasteiger partial charge in [0.1, 0.15) is 4.38 Å². The predicted molar refractivity (Wildman–Crippen MR) is 110 cm³/mol. The number of hydrogen-bond acceptors (Lipinski definition) is 7. The van der Waals surface area contributed by atoms with Gasteiger partial charge in [0.15, 0.2) is 11.0 Å². The molecule has 26 heavy (non-hydrogen) atoms. The molecule has 0 radical (unpaired) electrons. The van der Waals surface area contributed by atoms with Gasteiger partial charge in [0.2, 0.25) is 0 Å². The summed E-state index contributed by atoms with van der Waals surface area (Å²) >= 11 is 5.44. The van der Waals surface area contributed by atoms with E-state index in [1.54, 1.807) is 18.0 Å². The Labute approximate surface area is 164 Å². The van der Waals surface area contributed by atoms with Crippen molar-refractivity contribution in [1.82, 2.24) is 19.7 Å². The molecule has 2 aromatic heterocycles. The first kappa shape index (κ1) is 16.4. The summed E-state index contributed by atoms with van der Waals surface area (Å²) < 4.78 is 3.41. The number of pyridine rings is 1. The molecule has 0 spiro atoms. The molecule has 0 fully saturated rings. The van der Waals surface area contributed by atoms with Gasteiger partial charge in [0.05, 0.1) is 11.7 Å². The van der Waals surface area contributed by atoms with Crippen LogP contribution >= 0.6 is 35.3 Å². The van der Waals surface area contributed by atoms with E-state index in [-0.39, 0.29) is 0 Å². The number of nitrogens with zero attached hydrogens (tertiary/aromatic N) is 5. The molecule has 0 N–H and O–H groups in total. The third kappa shape index (κ3) is 3.06. The fourth-order valence-corrected chi connectivity index (χ4v) is 6.41. The van der Waals surface area contributed by atoms with E-state index < -0.39 is 0 Å². The second kappa shape index (κ2) is 7.09. The summed E-state index contributed by atoms with van der Waals surface area (Å²) in [7, 11) is 0. The molecule has 130 valence electrons. The number of benzene rings is 1. The van der Waals surface area contributed by atoms with E-state index in [2.05, 4.69) is 44.0 Å². The minimum absolute atomic E-state index is 0.366. The smallest absolute Gasteiger partial charge is 0.191 e. The first-order chi connectivity index (χ1) is 12.9. The van der Waals surface area contributed by atoms with Crippen LogP contribution in [-0.2, 0) is 5.75 Å². The summed E-state index contributed by atoms with van der Waals surface area (Å²) in [6.45, 7) is 0. The zero-order valence-corrected chi connectivity index (χ0v) is 16.2. The van der Waals surface area contributed by atoms with Crippen LogP contribution in [0, 0.1) is 0 Å². The van der Waals surface area contributed by atoms with Crippen LogP contribution in [0.15, 0.2) is 58.9 Å². The Morgan fingerprint density at radius 3 is 3.00 bits per heavy atom. The second-order valence-electron chi connectivity index (χ2n) is 5.99. The van der Waals surface area contributed by atoms with Crippen molar-refractivity contribution in [3.8, 4) is 11.4 Å². The van der Waals surface area contributed by atoms with Crippen LogP contribution in [0.1, 0.15) is 11.6 Å². The molecule has 1 aromatic carbocycles. The minimum Gasteiger partial charge on any atom is -0.297 e. The fraction of sp³-hybridized carbons (Fsp3) is 0.222. The number of thioether (sulfide) groups is 3. The van der Waals surface area contributed by atoms with Crippen molar-refractivity contribution in [2.75, 3.05) is 11.5 Å². The van der Waals surface area contributed by atoms with Gasteiger partial charge in [0.25, 0.3) is 0 Å². The number of aliphatic imine (C=N–C) groups is 1. The van der Waals surface area contributed by atoms with E-state index in [1.807, 2.05) is 41.9 Å². The summed E-state index contributed by atoms with van der Waals surface area (Å²) in [5, 5.41) is 9.74. The third-order valence-electron chi connectivity index (χ3n) is 4.31. The van der Waals surface area contributed by atoms with Crippen LogP contribution in [-0.4, -0.2) is 35.6 Å². The third-order valence-corrected chi connectivity index (χ3v) is 7.79. The molecule has 2 aliphatic rings. The summed E-state index contributed by atoms with van der Waals surface area (Å²) in [6, 6.07) is 12.7.